The van der Waals surface area contributed by atoms with Gasteiger partial charge in [0.2, 0.25) is 0 Å². The highest BCUT2D eigenvalue weighted by atomic mass is 35.5. The van der Waals surface area contributed by atoms with Gasteiger partial charge < -0.3 is 9.80 Å². The zero-order chi connectivity index (χ0) is 13.8. The number of rotatable bonds is 5. The molecule has 3 nitrogen and oxygen atoms in total. The Balaban J connectivity index is 2.24. The molecule has 1 fully saturated rings. The molecule has 1 atom stereocenters. The first-order valence-electron chi connectivity index (χ1n) is 7.11. The number of halogens is 1. The molecule has 0 saturated carbocycles. The van der Waals surface area contributed by atoms with Crippen molar-refractivity contribution >= 4 is 17.4 Å². The van der Waals surface area contributed by atoms with E-state index in [0.29, 0.717) is 11.9 Å². The molecule has 0 aliphatic carbocycles. The third kappa shape index (κ3) is 3.61. The van der Waals surface area contributed by atoms with Crippen molar-refractivity contribution in [3.05, 3.63) is 23.4 Å². The fourth-order valence-corrected chi connectivity index (χ4v) is 2.94. The molecule has 1 aromatic rings. The minimum absolute atomic E-state index is 0.564. The molecule has 4 heteroatoms. The first-order chi connectivity index (χ1) is 9.13. The molecular weight excluding hydrogens is 258 g/mol. The Labute approximate surface area is 121 Å². The number of aryl methyl sites for hydroxylation is 1. The molecule has 2 heterocycles. The topological polar surface area (TPSA) is 19.4 Å². The number of nitrogens with zero attached hydrogens (tertiary/aromatic N) is 3. The molecule has 2 rings (SSSR count). The monoisotopic (exact) mass is 281 g/mol. The van der Waals surface area contributed by atoms with Gasteiger partial charge in [0.1, 0.15) is 5.82 Å². The second-order valence-electron chi connectivity index (χ2n) is 5.56. The highest BCUT2D eigenvalue weighted by Gasteiger charge is 2.26. The number of aromatic nitrogens is 1. The van der Waals surface area contributed by atoms with E-state index in [1.54, 1.807) is 0 Å². The summed E-state index contributed by atoms with van der Waals surface area (Å²) in [5, 5.41) is 0. The van der Waals surface area contributed by atoms with Crippen LogP contribution in [0.4, 0.5) is 5.82 Å². The Morgan fingerprint density at radius 1 is 1.42 bits per heavy atom. The second-order valence-corrected chi connectivity index (χ2v) is 5.83. The summed E-state index contributed by atoms with van der Waals surface area (Å²) in [4.78, 5) is 9.50. The molecule has 1 aliphatic heterocycles. The molecule has 106 valence electrons. The summed E-state index contributed by atoms with van der Waals surface area (Å²) < 4.78 is 0. The first-order valence-corrected chi connectivity index (χ1v) is 7.64. The summed E-state index contributed by atoms with van der Waals surface area (Å²) in [7, 11) is 4.27. The third-order valence-electron chi connectivity index (χ3n) is 3.69. The van der Waals surface area contributed by atoms with Crippen molar-refractivity contribution in [1.82, 2.24) is 9.88 Å². The van der Waals surface area contributed by atoms with E-state index in [9.17, 15) is 0 Å². The van der Waals surface area contributed by atoms with Crippen LogP contribution >= 0.6 is 11.6 Å². The van der Waals surface area contributed by atoms with E-state index in [1.165, 1.54) is 18.4 Å². The van der Waals surface area contributed by atoms with Crippen LogP contribution in [0.15, 0.2) is 12.1 Å². The van der Waals surface area contributed by atoms with Crippen molar-refractivity contribution in [2.45, 2.75) is 38.1 Å². The van der Waals surface area contributed by atoms with Crippen LogP contribution in [-0.2, 0) is 12.3 Å². The Kier molecular flexibility index (Phi) is 5.06. The number of pyridine rings is 1. The predicted octanol–water partition coefficient (Wildman–Crippen LogP) is 2.91. The van der Waals surface area contributed by atoms with Crippen molar-refractivity contribution in [3.63, 3.8) is 0 Å². The van der Waals surface area contributed by atoms with Gasteiger partial charge in [-0.2, -0.15) is 0 Å². The number of hydrogen-bond acceptors (Lipinski definition) is 3. The quantitative estimate of drug-likeness (QED) is 0.774. The van der Waals surface area contributed by atoms with Gasteiger partial charge in [-0.1, -0.05) is 6.92 Å². The zero-order valence-electron chi connectivity index (χ0n) is 12.2. The van der Waals surface area contributed by atoms with Gasteiger partial charge in [-0.15, -0.1) is 11.6 Å². The van der Waals surface area contributed by atoms with Gasteiger partial charge >= 0.3 is 0 Å². The van der Waals surface area contributed by atoms with Crippen molar-refractivity contribution in [2.24, 2.45) is 0 Å². The van der Waals surface area contributed by atoms with Gasteiger partial charge in [0.05, 0.1) is 0 Å². The van der Waals surface area contributed by atoms with E-state index >= 15 is 0 Å². The summed E-state index contributed by atoms with van der Waals surface area (Å²) in [5.41, 5.74) is 2.32. The van der Waals surface area contributed by atoms with Crippen LogP contribution in [0.1, 0.15) is 31.0 Å². The van der Waals surface area contributed by atoms with Crippen molar-refractivity contribution in [3.8, 4) is 0 Å². The molecule has 0 N–H and O–H groups in total. The molecule has 1 unspecified atom stereocenters. The second kappa shape index (κ2) is 6.58. The van der Waals surface area contributed by atoms with Crippen molar-refractivity contribution in [1.29, 1.82) is 0 Å². The average Bonchev–Trinajstić information content (AvgIpc) is 2.85. The number of alkyl halides is 1. The number of hydrogen-bond donors (Lipinski definition) is 0. The molecule has 0 bridgehead atoms. The molecule has 19 heavy (non-hydrogen) atoms. The van der Waals surface area contributed by atoms with Crippen LogP contribution in [0.2, 0.25) is 0 Å². The van der Waals surface area contributed by atoms with Gasteiger partial charge in [0, 0.05) is 30.7 Å². The van der Waals surface area contributed by atoms with Crippen LogP contribution in [-0.4, -0.2) is 43.1 Å². The minimum Gasteiger partial charge on any atom is -0.352 e. The zero-order valence-corrected chi connectivity index (χ0v) is 13.0. The number of likely N-dealkylation sites (N-methyl/N-ethyl adjacent to an activating group) is 1. The standard InChI is InChI=1S/C15H24ClN3/c1-4-13-8-12(10-16)9-15(17-13)19-7-5-6-14(19)11-18(2)3/h8-9,14H,4-7,10-11H2,1-3H3. The largest absolute Gasteiger partial charge is 0.352 e. The lowest BCUT2D eigenvalue weighted by molar-refractivity contribution is 0.371. The summed E-state index contributed by atoms with van der Waals surface area (Å²) in [6, 6.07) is 4.85. The Morgan fingerprint density at radius 2 is 2.21 bits per heavy atom. The predicted molar refractivity (Wildman–Crippen MR) is 82.1 cm³/mol. The summed E-state index contributed by atoms with van der Waals surface area (Å²) >= 11 is 6.00. The Bertz CT molecular complexity index is 398. The molecule has 1 aromatic heterocycles. The van der Waals surface area contributed by atoms with Gasteiger partial charge in [0.25, 0.3) is 0 Å². The normalized spacial score (nSPS) is 19.4. The third-order valence-corrected chi connectivity index (χ3v) is 4.00. The van der Waals surface area contributed by atoms with Gasteiger partial charge in [-0.3, -0.25) is 0 Å². The fourth-order valence-electron chi connectivity index (χ4n) is 2.79. The SMILES string of the molecule is CCc1cc(CCl)cc(N2CCCC2CN(C)C)n1. The molecule has 0 radical (unpaired) electrons. The van der Waals surface area contributed by atoms with Crippen LogP contribution < -0.4 is 4.90 Å². The Morgan fingerprint density at radius 3 is 2.84 bits per heavy atom. The minimum atomic E-state index is 0.564. The maximum Gasteiger partial charge on any atom is 0.129 e. The molecule has 0 aromatic carbocycles. The van der Waals surface area contributed by atoms with Gasteiger partial charge in [0.15, 0.2) is 0 Å². The van der Waals surface area contributed by atoms with Crippen molar-refractivity contribution < 1.29 is 0 Å². The van der Waals surface area contributed by atoms with E-state index in [0.717, 1.165) is 31.0 Å². The van der Waals surface area contributed by atoms with Crippen LogP contribution in [0.5, 0.6) is 0 Å². The maximum absolute atomic E-state index is 6.00. The van der Waals surface area contributed by atoms with Gasteiger partial charge in [-0.05, 0) is 51.1 Å². The highest BCUT2D eigenvalue weighted by molar-refractivity contribution is 6.17. The lowest BCUT2D eigenvalue weighted by Gasteiger charge is -2.28. The molecule has 1 aliphatic rings. The van der Waals surface area contributed by atoms with Crippen molar-refractivity contribution in [2.75, 3.05) is 32.1 Å². The molecular formula is C15H24ClN3. The van der Waals surface area contributed by atoms with E-state index in [4.69, 9.17) is 16.6 Å². The molecule has 0 spiro atoms. The van der Waals surface area contributed by atoms with Crippen LogP contribution in [0, 0.1) is 0 Å². The summed E-state index contributed by atoms with van der Waals surface area (Å²) in [6.45, 7) is 4.35. The molecule has 0 amide bonds. The number of anilines is 1. The van der Waals surface area contributed by atoms with E-state index in [-0.39, 0.29) is 0 Å². The lowest BCUT2D eigenvalue weighted by atomic mass is 10.2. The average molecular weight is 282 g/mol. The molecule has 1 saturated heterocycles. The first kappa shape index (κ1) is 14.6. The fraction of sp³-hybridized carbons (Fsp3) is 0.667. The summed E-state index contributed by atoms with van der Waals surface area (Å²) in [5.74, 6) is 1.67. The van der Waals surface area contributed by atoms with E-state index in [2.05, 4.69) is 43.0 Å². The Hall–Kier alpha value is -0.800. The maximum atomic E-state index is 6.00. The smallest absolute Gasteiger partial charge is 0.129 e. The van der Waals surface area contributed by atoms with Crippen LogP contribution in [0.25, 0.3) is 0 Å². The van der Waals surface area contributed by atoms with Gasteiger partial charge in [-0.25, -0.2) is 4.98 Å². The lowest BCUT2D eigenvalue weighted by Crippen LogP contribution is -2.38. The summed E-state index contributed by atoms with van der Waals surface area (Å²) in [6.07, 6.45) is 3.48. The highest BCUT2D eigenvalue weighted by Crippen LogP contribution is 2.26. The van der Waals surface area contributed by atoms with E-state index < -0.39 is 0 Å². The van der Waals surface area contributed by atoms with Crippen LogP contribution in [0.3, 0.4) is 0 Å². The van der Waals surface area contributed by atoms with E-state index in [1.807, 2.05) is 0 Å².